The number of nitrogens with one attached hydrogen (secondary N) is 2. The van der Waals surface area contributed by atoms with E-state index in [4.69, 9.17) is 14.7 Å². The maximum atomic E-state index is 11.9. The molecule has 0 bridgehead atoms. The number of aromatic nitrogens is 3. The van der Waals surface area contributed by atoms with E-state index in [9.17, 15) is 4.79 Å². The lowest BCUT2D eigenvalue weighted by Gasteiger charge is -2.14. The van der Waals surface area contributed by atoms with Crippen molar-refractivity contribution in [3.63, 3.8) is 0 Å². The van der Waals surface area contributed by atoms with Crippen molar-refractivity contribution >= 4 is 22.6 Å². The maximum Gasteiger partial charge on any atom is 0.251 e. The number of methoxy groups -OCH3 is 1. The van der Waals surface area contributed by atoms with Gasteiger partial charge in [-0.15, -0.1) is 0 Å². The Labute approximate surface area is 173 Å². The van der Waals surface area contributed by atoms with Gasteiger partial charge in [-0.1, -0.05) is 6.07 Å². The van der Waals surface area contributed by atoms with Gasteiger partial charge in [-0.3, -0.25) is 9.78 Å². The number of hydrogen-bond acceptors (Lipinski definition) is 6. The highest BCUT2D eigenvalue weighted by molar-refractivity contribution is 6.00. The van der Waals surface area contributed by atoms with E-state index in [0.717, 1.165) is 38.7 Å². The topological polar surface area (TPSA) is 89.0 Å². The quantitative estimate of drug-likeness (QED) is 0.546. The van der Waals surface area contributed by atoms with Crippen molar-refractivity contribution in [2.24, 2.45) is 0 Å². The lowest BCUT2D eigenvalue weighted by molar-refractivity contribution is 0.0966. The fraction of sp³-hybridized carbons (Fsp3) is 0.130. The minimum atomic E-state index is -0.0264. The third-order valence-corrected chi connectivity index (χ3v) is 5.26. The van der Waals surface area contributed by atoms with Crippen molar-refractivity contribution in [1.29, 1.82) is 0 Å². The normalized spacial score (nSPS) is 12.5. The SMILES string of the molecule is CNc1nc(-c2cccnc2)nc2c(OC)cc(-c3ccc4c(c3)CNC4=O)cc12. The number of nitrogens with zero attached hydrogens (tertiary/aromatic N) is 3. The number of pyridine rings is 1. The molecule has 0 radical (unpaired) electrons. The summed E-state index contributed by atoms with van der Waals surface area (Å²) in [4.78, 5) is 25.5. The fourth-order valence-corrected chi connectivity index (χ4v) is 3.75. The number of anilines is 1. The van der Waals surface area contributed by atoms with E-state index >= 15 is 0 Å². The minimum absolute atomic E-state index is 0.0264. The van der Waals surface area contributed by atoms with E-state index < -0.39 is 0 Å². The Morgan fingerprint density at radius 1 is 1.07 bits per heavy atom. The number of carbonyl (C=O) groups is 1. The molecule has 0 saturated heterocycles. The highest BCUT2D eigenvalue weighted by Crippen LogP contribution is 2.36. The smallest absolute Gasteiger partial charge is 0.251 e. The van der Waals surface area contributed by atoms with E-state index in [1.807, 2.05) is 49.5 Å². The lowest BCUT2D eigenvalue weighted by Crippen LogP contribution is -2.12. The molecule has 7 nitrogen and oxygen atoms in total. The molecule has 0 unspecified atom stereocenters. The third-order valence-electron chi connectivity index (χ3n) is 5.26. The van der Waals surface area contributed by atoms with E-state index in [-0.39, 0.29) is 5.91 Å². The third kappa shape index (κ3) is 2.91. The Morgan fingerprint density at radius 2 is 1.97 bits per heavy atom. The highest BCUT2D eigenvalue weighted by atomic mass is 16.5. The van der Waals surface area contributed by atoms with Crippen LogP contribution in [0.3, 0.4) is 0 Å². The van der Waals surface area contributed by atoms with Gasteiger partial charge in [0.25, 0.3) is 5.91 Å². The number of amides is 1. The average molecular weight is 397 g/mol. The van der Waals surface area contributed by atoms with Crippen LogP contribution in [0.2, 0.25) is 0 Å². The van der Waals surface area contributed by atoms with Crippen LogP contribution in [0, 0.1) is 0 Å². The molecule has 30 heavy (non-hydrogen) atoms. The minimum Gasteiger partial charge on any atom is -0.494 e. The van der Waals surface area contributed by atoms with Crippen LogP contribution in [0.1, 0.15) is 15.9 Å². The summed E-state index contributed by atoms with van der Waals surface area (Å²) in [5, 5.41) is 6.89. The van der Waals surface area contributed by atoms with Crippen LogP contribution < -0.4 is 15.4 Å². The van der Waals surface area contributed by atoms with Gasteiger partial charge in [0, 0.05) is 42.5 Å². The Hall–Kier alpha value is -4.00. The molecule has 1 amide bonds. The Bertz CT molecular complexity index is 1290. The van der Waals surface area contributed by atoms with Crippen LogP contribution >= 0.6 is 0 Å². The Morgan fingerprint density at radius 3 is 2.73 bits per heavy atom. The molecule has 1 aliphatic rings. The summed E-state index contributed by atoms with van der Waals surface area (Å²) in [5.74, 6) is 1.91. The molecule has 3 heterocycles. The second-order valence-corrected chi connectivity index (χ2v) is 7.02. The Balaban J connectivity index is 1.70. The molecule has 7 heteroatoms. The van der Waals surface area contributed by atoms with Crippen LogP contribution in [0.4, 0.5) is 5.82 Å². The van der Waals surface area contributed by atoms with Crippen LogP contribution in [-0.2, 0) is 6.54 Å². The number of benzene rings is 2. The van der Waals surface area contributed by atoms with Gasteiger partial charge in [0.1, 0.15) is 17.1 Å². The zero-order chi connectivity index (χ0) is 20.7. The Kier molecular flexibility index (Phi) is 4.28. The number of carbonyl (C=O) groups excluding carboxylic acids is 1. The molecule has 1 aliphatic heterocycles. The monoisotopic (exact) mass is 397 g/mol. The second kappa shape index (κ2) is 7.11. The van der Waals surface area contributed by atoms with Gasteiger partial charge in [0.2, 0.25) is 0 Å². The van der Waals surface area contributed by atoms with Crippen LogP contribution in [0.15, 0.2) is 54.9 Å². The van der Waals surface area contributed by atoms with E-state index in [2.05, 4.69) is 15.6 Å². The van der Waals surface area contributed by atoms with Gasteiger partial charge < -0.3 is 15.4 Å². The molecule has 0 aliphatic carbocycles. The summed E-state index contributed by atoms with van der Waals surface area (Å²) in [6, 6.07) is 13.6. The van der Waals surface area contributed by atoms with Gasteiger partial charge in [0.05, 0.1) is 7.11 Å². The van der Waals surface area contributed by atoms with Gasteiger partial charge >= 0.3 is 0 Å². The van der Waals surface area contributed by atoms with Crippen molar-refractivity contribution in [3.05, 3.63) is 66.0 Å². The van der Waals surface area contributed by atoms with E-state index in [0.29, 0.717) is 23.9 Å². The first-order valence-electron chi connectivity index (χ1n) is 9.57. The molecule has 5 rings (SSSR count). The predicted molar refractivity (Wildman–Crippen MR) is 115 cm³/mol. The molecule has 148 valence electrons. The molecule has 0 fully saturated rings. The van der Waals surface area contributed by atoms with Crippen LogP contribution in [-0.4, -0.2) is 35.0 Å². The van der Waals surface area contributed by atoms with Gasteiger partial charge in [-0.05, 0) is 53.1 Å². The van der Waals surface area contributed by atoms with E-state index in [1.54, 1.807) is 19.5 Å². The zero-order valence-corrected chi connectivity index (χ0v) is 16.6. The molecule has 0 spiro atoms. The number of ether oxygens (including phenoxy) is 1. The molecular formula is C23H19N5O2. The second-order valence-electron chi connectivity index (χ2n) is 7.02. The maximum absolute atomic E-state index is 11.9. The molecule has 0 saturated carbocycles. The lowest BCUT2D eigenvalue weighted by atomic mass is 9.98. The molecule has 0 atom stereocenters. The number of hydrogen-bond donors (Lipinski definition) is 2. The van der Waals surface area contributed by atoms with Crippen LogP contribution in [0.25, 0.3) is 33.4 Å². The van der Waals surface area contributed by atoms with E-state index in [1.165, 1.54) is 0 Å². The first kappa shape index (κ1) is 18.1. The fourth-order valence-electron chi connectivity index (χ4n) is 3.75. The zero-order valence-electron chi connectivity index (χ0n) is 16.6. The van der Waals surface area contributed by atoms with Crippen molar-refractivity contribution in [3.8, 4) is 28.3 Å². The van der Waals surface area contributed by atoms with Crippen LogP contribution in [0.5, 0.6) is 5.75 Å². The largest absolute Gasteiger partial charge is 0.494 e. The van der Waals surface area contributed by atoms with Crippen molar-refractivity contribution in [2.45, 2.75) is 6.54 Å². The van der Waals surface area contributed by atoms with Crippen molar-refractivity contribution in [2.75, 3.05) is 19.5 Å². The number of fused-ring (bicyclic) bond motifs is 2. The number of rotatable bonds is 4. The van der Waals surface area contributed by atoms with Gasteiger partial charge in [-0.25, -0.2) is 9.97 Å². The van der Waals surface area contributed by atoms with Crippen molar-refractivity contribution < 1.29 is 9.53 Å². The predicted octanol–water partition coefficient (Wildman–Crippen LogP) is 3.65. The van der Waals surface area contributed by atoms with Crippen molar-refractivity contribution in [1.82, 2.24) is 20.3 Å². The summed E-state index contributed by atoms with van der Waals surface area (Å²) in [7, 11) is 3.47. The molecule has 2 N–H and O–H groups in total. The highest BCUT2D eigenvalue weighted by Gasteiger charge is 2.20. The molecule has 2 aromatic carbocycles. The average Bonchev–Trinajstić information content (AvgIpc) is 3.18. The summed E-state index contributed by atoms with van der Waals surface area (Å²) >= 11 is 0. The molecule has 2 aromatic heterocycles. The summed E-state index contributed by atoms with van der Waals surface area (Å²) in [6.07, 6.45) is 3.46. The first-order valence-corrected chi connectivity index (χ1v) is 9.57. The first-order chi connectivity index (χ1) is 14.7. The summed E-state index contributed by atoms with van der Waals surface area (Å²) in [5.41, 5.74) is 5.25. The molecule has 4 aromatic rings. The summed E-state index contributed by atoms with van der Waals surface area (Å²) < 4.78 is 5.69. The standard InChI is InChI=1S/C23H19N5O2/c1-24-22-18-9-15(13-5-6-17-16(8-13)12-26-23(17)29)10-19(30-2)20(18)27-21(28-22)14-4-3-7-25-11-14/h3-11H,12H2,1-2H3,(H,26,29)(H,24,27,28). The molecular weight excluding hydrogens is 378 g/mol. The van der Waals surface area contributed by atoms with Gasteiger partial charge in [-0.2, -0.15) is 0 Å². The summed E-state index contributed by atoms with van der Waals surface area (Å²) in [6.45, 7) is 0.548. The van der Waals surface area contributed by atoms with Gasteiger partial charge in [0.15, 0.2) is 5.82 Å².